The summed E-state index contributed by atoms with van der Waals surface area (Å²) in [7, 11) is 0. The second kappa shape index (κ2) is 5.85. The summed E-state index contributed by atoms with van der Waals surface area (Å²) in [6.07, 6.45) is 1.50. The zero-order valence-corrected chi connectivity index (χ0v) is 13.9. The Kier molecular flexibility index (Phi) is 3.65. The van der Waals surface area contributed by atoms with Gasteiger partial charge in [0.05, 0.1) is 18.5 Å². The Balaban J connectivity index is 1.69. The maximum atomic E-state index is 12.8. The number of nitrogens with zero attached hydrogens (tertiary/aromatic N) is 5. The van der Waals surface area contributed by atoms with Crippen molar-refractivity contribution in [2.45, 2.75) is 26.1 Å². The number of carbonyl (C=O) groups excluding carboxylic acids is 1. The maximum Gasteiger partial charge on any atom is 0.272 e. The number of nitrogen functional groups attached to an aromatic ring is 1. The van der Waals surface area contributed by atoms with E-state index >= 15 is 0 Å². The maximum absolute atomic E-state index is 12.8. The number of hydrogen-bond acceptors (Lipinski definition) is 7. The number of fused-ring (bicyclic) bond motifs is 1. The predicted octanol–water partition coefficient (Wildman–Crippen LogP) is 1.22. The van der Waals surface area contributed by atoms with Crippen LogP contribution >= 0.6 is 0 Å². The number of furan rings is 1. The average molecular weight is 342 g/mol. The monoisotopic (exact) mass is 342 g/mol. The SMILES string of the molecule is C[C@@H]1CN(C(=O)c2cc3nc(-c4ccco4)nn3c(N)n2)C[C@H](C)O1. The average Bonchev–Trinajstić information content (AvgIpc) is 3.22. The summed E-state index contributed by atoms with van der Waals surface area (Å²) in [6.45, 7) is 4.91. The first-order valence-electron chi connectivity index (χ1n) is 8.03. The van der Waals surface area contributed by atoms with Crippen LogP contribution in [0.3, 0.4) is 0 Å². The van der Waals surface area contributed by atoms with Crippen molar-refractivity contribution in [1.82, 2.24) is 24.5 Å². The lowest BCUT2D eigenvalue weighted by Crippen LogP contribution is -2.48. The van der Waals surface area contributed by atoms with Crippen LogP contribution in [0.1, 0.15) is 24.3 Å². The molecule has 4 rings (SSSR count). The van der Waals surface area contributed by atoms with Gasteiger partial charge < -0.3 is 19.8 Å². The molecule has 9 nitrogen and oxygen atoms in total. The Bertz CT molecular complexity index is 909. The van der Waals surface area contributed by atoms with E-state index in [1.54, 1.807) is 29.4 Å². The Morgan fingerprint density at radius 1 is 1.28 bits per heavy atom. The van der Waals surface area contributed by atoms with E-state index in [0.29, 0.717) is 30.3 Å². The van der Waals surface area contributed by atoms with E-state index in [4.69, 9.17) is 14.9 Å². The predicted molar refractivity (Wildman–Crippen MR) is 88.8 cm³/mol. The van der Waals surface area contributed by atoms with Crippen molar-refractivity contribution in [1.29, 1.82) is 0 Å². The number of anilines is 1. The van der Waals surface area contributed by atoms with Gasteiger partial charge in [0.2, 0.25) is 11.8 Å². The molecule has 3 aromatic heterocycles. The normalized spacial score (nSPS) is 21.0. The van der Waals surface area contributed by atoms with Crippen LogP contribution in [-0.2, 0) is 4.74 Å². The second-order valence-corrected chi connectivity index (χ2v) is 6.15. The third kappa shape index (κ3) is 2.82. The third-order valence-corrected chi connectivity index (χ3v) is 4.02. The molecule has 0 radical (unpaired) electrons. The van der Waals surface area contributed by atoms with Crippen LogP contribution in [0.4, 0.5) is 5.95 Å². The lowest BCUT2D eigenvalue weighted by molar-refractivity contribution is -0.0587. The van der Waals surface area contributed by atoms with Gasteiger partial charge in [-0.15, -0.1) is 5.10 Å². The van der Waals surface area contributed by atoms with Gasteiger partial charge in [0.25, 0.3) is 5.91 Å². The number of aromatic nitrogens is 4. The first kappa shape index (κ1) is 15.6. The number of ether oxygens (including phenoxy) is 1. The van der Waals surface area contributed by atoms with Crippen molar-refractivity contribution in [3.05, 3.63) is 30.2 Å². The van der Waals surface area contributed by atoms with E-state index < -0.39 is 0 Å². The first-order chi connectivity index (χ1) is 12.0. The fourth-order valence-electron chi connectivity index (χ4n) is 3.04. The molecule has 0 bridgehead atoms. The van der Waals surface area contributed by atoms with Gasteiger partial charge in [0.1, 0.15) is 5.69 Å². The summed E-state index contributed by atoms with van der Waals surface area (Å²) in [5.41, 5.74) is 6.65. The molecule has 3 aromatic rings. The molecule has 0 aliphatic carbocycles. The molecule has 2 N–H and O–H groups in total. The standard InChI is InChI=1S/C16H18N6O3/c1-9-7-21(8-10(2)25-9)15(23)11-6-13-19-14(12-4-3-5-24-12)20-22(13)16(17)18-11/h3-6,9-10H,7-8H2,1-2H3,(H2,17,18)/t9-,10+. The van der Waals surface area contributed by atoms with E-state index in [1.807, 2.05) is 13.8 Å². The van der Waals surface area contributed by atoms with Crippen molar-refractivity contribution < 1.29 is 13.9 Å². The fraction of sp³-hybridized carbons (Fsp3) is 0.375. The minimum atomic E-state index is -0.196. The first-order valence-corrected chi connectivity index (χ1v) is 8.03. The van der Waals surface area contributed by atoms with E-state index in [0.717, 1.165) is 0 Å². The number of nitrogens with two attached hydrogens (primary N) is 1. The third-order valence-electron chi connectivity index (χ3n) is 4.02. The lowest BCUT2D eigenvalue weighted by Gasteiger charge is -2.35. The van der Waals surface area contributed by atoms with Gasteiger partial charge >= 0.3 is 0 Å². The van der Waals surface area contributed by atoms with Crippen LogP contribution in [0.15, 0.2) is 28.9 Å². The summed E-state index contributed by atoms with van der Waals surface area (Å²) >= 11 is 0. The quantitative estimate of drug-likeness (QED) is 0.745. The summed E-state index contributed by atoms with van der Waals surface area (Å²) < 4.78 is 12.4. The molecule has 0 aromatic carbocycles. The molecule has 9 heteroatoms. The molecule has 0 unspecified atom stereocenters. The molecule has 2 atom stereocenters. The van der Waals surface area contributed by atoms with E-state index in [1.165, 1.54) is 4.52 Å². The van der Waals surface area contributed by atoms with Gasteiger partial charge in [-0.1, -0.05) is 0 Å². The van der Waals surface area contributed by atoms with Crippen LogP contribution in [0.2, 0.25) is 0 Å². The van der Waals surface area contributed by atoms with Crippen molar-refractivity contribution in [3.63, 3.8) is 0 Å². The van der Waals surface area contributed by atoms with Gasteiger partial charge in [-0.3, -0.25) is 4.79 Å². The highest BCUT2D eigenvalue weighted by molar-refractivity contribution is 5.93. The Morgan fingerprint density at radius 2 is 2.04 bits per heavy atom. The number of rotatable bonds is 2. The van der Waals surface area contributed by atoms with E-state index in [2.05, 4.69) is 15.1 Å². The molecule has 1 amide bonds. The van der Waals surface area contributed by atoms with Crippen LogP contribution in [0.25, 0.3) is 17.2 Å². The highest BCUT2D eigenvalue weighted by Crippen LogP contribution is 2.19. The van der Waals surface area contributed by atoms with Crippen LogP contribution in [0.5, 0.6) is 0 Å². The molecule has 1 aliphatic heterocycles. The molecule has 25 heavy (non-hydrogen) atoms. The molecule has 0 spiro atoms. The summed E-state index contributed by atoms with van der Waals surface area (Å²) in [5, 5.41) is 4.27. The minimum Gasteiger partial charge on any atom is -0.461 e. The number of carbonyl (C=O) groups is 1. The number of morpholine rings is 1. The molecule has 130 valence electrons. The Labute approximate surface area is 143 Å². The van der Waals surface area contributed by atoms with Gasteiger partial charge in [-0.2, -0.15) is 4.52 Å². The van der Waals surface area contributed by atoms with Crippen molar-refractivity contribution >= 4 is 17.5 Å². The van der Waals surface area contributed by atoms with Crippen molar-refractivity contribution in [2.24, 2.45) is 0 Å². The second-order valence-electron chi connectivity index (χ2n) is 6.15. The number of amides is 1. The van der Waals surface area contributed by atoms with Gasteiger partial charge in [0.15, 0.2) is 11.4 Å². The fourth-order valence-corrected chi connectivity index (χ4v) is 3.04. The largest absolute Gasteiger partial charge is 0.461 e. The van der Waals surface area contributed by atoms with Crippen molar-refractivity contribution in [3.8, 4) is 11.6 Å². The van der Waals surface area contributed by atoms with Crippen molar-refractivity contribution in [2.75, 3.05) is 18.8 Å². The summed E-state index contributed by atoms with van der Waals surface area (Å²) in [6, 6.07) is 5.09. The molecule has 1 fully saturated rings. The summed E-state index contributed by atoms with van der Waals surface area (Å²) in [5.74, 6) is 0.808. The Morgan fingerprint density at radius 3 is 2.72 bits per heavy atom. The van der Waals surface area contributed by atoms with Crippen LogP contribution in [0, 0.1) is 0 Å². The van der Waals surface area contributed by atoms with E-state index in [9.17, 15) is 4.79 Å². The zero-order chi connectivity index (χ0) is 17.6. The molecule has 0 saturated carbocycles. The van der Waals surface area contributed by atoms with Crippen LogP contribution < -0.4 is 5.73 Å². The number of hydrogen-bond donors (Lipinski definition) is 1. The highest BCUT2D eigenvalue weighted by atomic mass is 16.5. The Hall–Kier alpha value is -2.94. The van der Waals surface area contributed by atoms with Gasteiger partial charge in [-0.05, 0) is 26.0 Å². The minimum absolute atomic E-state index is 0.0209. The van der Waals surface area contributed by atoms with E-state index in [-0.39, 0.29) is 29.8 Å². The van der Waals surface area contributed by atoms with Crippen LogP contribution in [-0.4, -0.2) is 55.7 Å². The lowest BCUT2D eigenvalue weighted by atomic mass is 10.2. The molecular formula is C16H18N6O3. The molecule has 1 saturated heterocycles. The molecule has 4 heterocycles. The highest BCUT2D eigenvalue weighted by Gasteiger charge is 2.28. The smallest absolute Gasteiger partial charge is 0.272 e. The van der Waals surface area contributed by atoms with Gasteiger partial charge in [-0.25, -0.2) is 9.97 Å². The molecular weight excluding hydrogens is 324 g/mol. The topological polar surface area (TPSA) is 112 Å². The van der Waals surface area contributed by atoms with Gasteiger partial charge in [0, 0.05) is 19.2 Å². The zero-order valence-electron chi connectivity index (χ0n) is 13.9. The summed E-state index contributed by atoms with van der Waals surface area (Å²) in [4.78, 5) is 23.1. The molecule has 1 aliphatic rings.